The maximum atomic E-state index is 13.1. The van der Waals surface area contributed by atoms with Gasteiger partial charge in [-0.05, 0) is 28.7 Å². The van der Waals surface area contributed by atoms with E-state index in [-0.39, 0.29) is 17.6 Å². The van der Waals surface area contributed by atoms with Crippen LogP contribution in [0, 0.1) is 0 Å². The molecule has 5 heteroatoms. The first-order valence-electron chi connectivity index (χ1n) is 8.02. The van der Waals surface area contributed by atoms with Crippen LogP contribution in [0.25, 0.3) is 11.0 Å². The van der Waals surface area contributed by atoms with Crippen LogP contribution in [-0.4, -0.2) is 21.1 Å². The van der Waals surface area contributed by atoms with Gasteiger partial charge in [-0.25, -0.2) is 0 Å². The molecule has 1 aliphatic heterocycles. The molecule has 0 fully saturated rings. The summed E-state index contributed by atoms with van der Waals surface area (Å²) in [7, 11) is 0. The highest BCUT2D eigenvalue weighted by molar-refractivity contribution is 6.06. The zero-order valence-electron chi connectivity index (χ0n) is 13.6. The highest BCUT2D eigenvalue weighted by Crippen LogP contribution is 2.37. The lowest BCUT2D eigenvalue weighted by atomic mass is 9.96. The summed E-state index contributed by atoms with van der Waals surface area (Å²) in [5.41, 5.74) is 3.87. The van der Waals surface area contributed by atoms with Gasteiger partial charge in [-0.2, -0.15) is 0 Å². The number of carbonyl (C=O) groups excluding carboxylic acids is 1. The predicted octanol–water partition coefficient (Wildman–Crippen LogP) is 3.81. The van der Waals surface area contributed by atoms with Crippen molar-refractivity contribution in [3.63, 3.8) is 0 Å². The number of amides is 1. The molecular formula is C19H18N2O3. The average molecular weight is 322 g/mol. The average Bonchev–Trinajstić information content (AvgIpc) is 3.21. The third kappa shape index (κ3) is 2.16. The molecule has 0 bridgehead atoms. The molecule has 3 aromatic rings. The Balaban J connectivity index is 1.78. The van der Waals surface area contributed by atoms with Gasteiger partial charge in [0.1, 0.15) is 5.75 Å². The highest BCUT2D eigenvalue weighted by Gasteiger charge is 2.28. The molecule has 24 heavy (non-hydrogen) atoms. The molecule has 0 radical (unpaired) electrons. The monoisotopic (exact) mass is 322 g/mol. The second kappa shape index (κ2) is 5.37. The van der Waals surface area contributed by atoms with E-state index in [1.807, 2.05) is 38.1 Å². The lowest BCUT2D eigenvalue weighted by Gasteiger charge is -2.17. The van der Waals surface area contributed by atoms with Crippen molar-refractivity contribution in [2.75, 3.05) is 0 Å². The van der Waals surface area contributed by atoms with Gasteiger partial charge < -0.3 is 14.5 Å². The van der Waals surface area contributed by atoms with E-state index in [4.69, 9.17) is 4.52 Å². The summed E-state index contributed by atoms with van der Waals surface area (Å²) in [5.74, 6) is 0.129. The number of aromatic hydroxyl groups is 1. The van der Waals surface area contributed by atoms with Crippen molar-refractivity contribution in [1.82, 2.24) is 10.1 Å². The molecule has 0 saturated heterocycles. The number of phenols is 1. The molecule has 1 amide bonds. The molecule has 0 saturated carbocycles. The highest BCUT2D eigenvalue weighted by atomic mass is 16.5. The standard InChI is InChI=1S/C19H18N2O3/c1-11(2)14-7-15(18-16(17(14)22)8-20-24-18)19(23)21-9-12-5-3-4-6-13(12)10-21/h3-8,11,22H,9-10H2,1-2H3. The minimum Gasteiger partial charge on any atom is -0.507 e. The molecule has 122 valence electrons. The van der Waals surface area contributed by atoms with Gasteiger partial charge >= 0.3 is 0 Å². The Labute approximate surface area is 139 Å². The first-order chi connectivity index (χ1) is 11.6. The quantitative estimate of drug-likeness (QED) is 0.779. The molecule has 0 spiro atoms. The minimum atomic E-state index is -0.102. The summed E-state index contributed by atoms with van der Waals surface area (Å²) in [6.07, 6.45) is 1.46. The molecular weight excluding hydrogens is 304 g/mol. The van der Waals surface area contributed by atoms with Crippen molar-refractivity contribution in [3.05, 3.63) is 58.8 Å². The van der Waals surface area contributed by atoms with Crippen LogP contribution in [0.15, 0.2) is 41.1 Å². The number of hydrogen-bond acceptors (Lipinski definition) is 4. The number of rotatable bonds is 2. The number of hydrogen-bond donors (Lipinski definition) is 1. The second-order valence-electron chi connectivity index (χ2n) is 6.52. The summed E-state index contributed by atoms with van der Waals surface area (Å²) < 4.78 is 5.26. The normalized spacial score (nSPS) is 13.7. The summed E-state index contributed by atoms with van der Waals surface area (Å²) in [6, 6.07) is 9.79. The lowest BCUT2D eigenvalue weighted by Crippen LogP contribution is -2.25. The molecule has 1 aliphatic rings. The lowest BCUT2D eigenvalue weighted by molar-refractivity contribution is 0.0751. The van der Waals surface area contributed by atoms with E-state index in [2.05, 4.69) is 5.16 Å². The molecule has 0 atom stereocenters. The van der Waals surface area contributed by atoms with Crippen LogP contribution in [0.2, 0.25) is 0 Å². The SMILES string of the molecule is CC(C)c1cc(C(=O)N2Cc3ccccc3C2)c2oncc2c1O. The Kier molecular flexibility index (Phi) is 3.30. The summed E-state index contributed by atoms with van der Waals surface area (Å²) in [5, 5.41) is 14.7. The van der Waals surface area contributed by atoms with Gasteiger partial charge in [-0.1, -0.05) is 43.3 Å². The van der Waals surface area contributed by atoms with E-state index in [9.17, 15) is 9.90 Å². The van der Waals surface area contributed by atoms with E-state index < -0.39 is 0 Å². The van der Waals surface area contributed by atoms with Crippen molar-refractivity contribution < 1.29 is 14.4 Å². The largest absolute Gasteiger partial charge is 0.507 e. The Morgan fingerprint density at radius 1 is 1.25 bits per heavy atom. The number of fused-ring (bicyclic) bond motifs is 2. The van der Waals surface area contributed by atoms with Gasteiger partial charge in [0.15, 0.2) is 5.58 Å². The fourth-order valence-electron chi connectivity index (χ4n) is 3.29. The number of carbonyl (C=O) groups is 1. The maximum Gasteiger partial charge on any atom is 0.258 e. The number of aromatic nitrogens is 1. The van der Waals surface area contributed by atoms with E-state index in [1.54, 1.807) is 11.0 Å². The van der Waals surface area contributed by atoms with Gasteiger partial charge in [-0.3, -0.25) is 4.79 Å². The van der Waals surface area contributed by atoms with Gasteiger partial charge in [-0.15, -0.1) is 0 Å². The van der Waals surface area contributed by atoms with Crippen LogP contribution < -0.4 is 0 Å². The van der Waals surface area contributed by atoms with Gasteiger partial charge in [0.2, 0.25) is 0 Å². The van der Waals surface area contributed by atoms with E-state index >= 15 is 0 Å². The van der Waals surface area contributed by atoms with Crippen LogP contribution in [-0.2, 0) is 13.1 Å². The Hall–Kier alpha value is -2.82. The molecule has 0 aliphatic carbocycles. The number of benzene rings is 2. The molecule has 5 nitrogen and oxygen atoms in total. The predicted molar refractivity (Wildman–Crippen MR) is 89.8 cm³/mol. The Morgan fingerprint density at radius 2 is 1.92 bits per heavy atom. The van der Waals surface area contributed by atoms with Gasteiger partial charge in [0, 0.05) is 13.1 Å². The van der Waals surface area contributed by atoms with Crippen LogP contribution in [0.3, 0.4) is 0 Å². The first-order valence-corrected chi connectivity index (χ1v) is 8.02. The Morgan fingerprint density at radius 3 is 2.54 bits per heavy atom. The third-order valence-corrected chi connectivity index (χ3v) is 4.62. The zero-order valence-corrected chi connectivity index (χ0v) is 13.6. The first kappa shape index (κ1) is 14.8. The smallest absolute Gasteiger partial charge is 0.258 e. The summed E-state index contributed by atoms with van der Waals surface area (Å²) >= 11 is 0. The molecule has 4 rings (SSSR count). The Bertz CT molecular complexity index is 918. The molecule has 1 N–H and O–H groups in total. The van der Waals surface area contributed by atoms with Crippen LogP contribution in [0.5, 0.6) is 5.75 Å². The second-order valence-corrected chi connectivity index (χ2v) is 6.52. The van der Waals surface area contributed by atoms with Crippen LogP contribution in [0.1, 0.15) is 46.8 Å². The zero-order chi connectivity index (χ0) is 16.8. The fraction of sp³-hybridized carbons (Fsp3) is 0.263. The fourth-order valence-corrected chi connectivity index (χ4v) is 3.29. The molecule has 0 unspecified atom stereocenters. The maximum absolute atomic E-state index is 13.1. The van der Waals surface area contributed by atoms with Crippen molar-refractivity contribution in [2.45, 2.75) is 32.9 Å². The van der Waals surface area contributed by atoms with Crippen molar-refractivity contribution in [2.24, 2.45) is 0 Å². The van der Waals surface area contributed by atoms with Crippen molar-refractivity contribution in [1.29, 1.82) is 0 Å². The van der Waals surface area contributed by atoms with Crippen LogP contribution >= 0.6 is 0 Å². The van der Waals surface area contributed by atoms with E-state index in [1.165, 1.54) is 17.3 Å². The molecule has 2 aromatic carbocycles. The molecule has 1 aromatic heterocycles. The number of nitrogens with zero attached hydrogens (tertiary/aromatic N) is 2. The van der Waals surface area contributed by atoms with Crippen molar-refractivity contribution >= 4 is 16.9 Å². The number of phenolic OH excluding ortho intramolecular Hbond substituents is 1. The van der Waals surface area contributed by atoms with Gasteiger partial charge in [0.25, 0.3) is 5.91 Å². The van der Waals surface area contributed by atoms with E-state index in [0.29, 0.717) is 29.6 Å². The third-order valence-electron chi connectivity index (χ3n) is 4.62. The van der Waals surface area contributed by atoms with E-state index in [0.717, 1.165) is 5.56 Å². The van der Waals surface area contributed by atoms with Gasteiger partial charge in [0.05, 0.1) is 17.1 Å². The topological polar surface area (TPSA) is 66.6 Å². The summed E-state index contributed by atoms with van der Waals surface area (Å²) in [4.78, 5) is 14.9. The molecule has 2 heterocycles. The minimum absolute atomic E-state index is 0.0895. The van der Waals surface area contributed by atoms with Crippen molar-refractivity contribution in [3.8, 4) is 5.75 Å². The summed E-state index contributed by atoms with van der Waals surface area (Å²) in [6.45, 7) is 5.13. The van der Waals surface area contributed by atoms with Crippen LogP contribution in [0.4, 0.5) is 0 Å².